The van der Waals surface area contributed by atoms with Gasteiger partial charge in [-0.05, 0) is 25.1 Å². The fraction of sp³-hybridized carbons (Fsp3) is 0.231. The molecule has 0 saturated heterocycles. The number of nitrogens with two attached hydrogens (primary N) is 1. The lowest BCUT2D eigenvalue weighted by molar-refractivity contribution is 0.922. The molecule has 1 aromatic heterocycles. The fourth-order valence-corrected chi connectivity index (χ4v) is 1.72. The smallest absolute Gasteiger partial charge is 0.0482 e. The first kappa shape index (κ1) is 9.99. The van der Waals surface area contributed by atoms with Gasteiger partial charge >= 0.3 is 0 Å². The van der Waals surface area contributed by atoms with Crippen LogP contribution >= 0.6 is 0 Å². The van der Waals surface area contributed by atoms with E-state index in [4.69, 9.17) is 5.73 Å². The summed E-state index contributed by atoms with van der Waals surface area (Å²) in [6.07, 6.45) is 4.08. The van der Waals surface area contributed by atoms with Crippen molar-refractivity contribution < 1.29 is 0 Å². The molecule has 0 saturated carbocycles. The maximum atomic E-state index is 5.69. The Bertz CT molecular complexity index is 492. The average Bonchev–Trinajstić information content (AvgIpc) is 2.54. The van der Waals surface area contributed by atoms with Crippen LogP contribution in [0.1, 0.15) is 12.6 Å². The molecule has 0 radical (unpaired) electrons. The Kier molecular flexibility index (Phi) is 2.60. The van der Waals surface area contributed by atoms with Crippen LogP contribution in [-0.2, 0) is 7.05 Å². The van der Waals surface area contributed by atoms with E-state index in [-0.39, 0.29) is 6.04 Å². The molecule has 2 heteroatoms. The molecule has 15 heavy (non-hydrogen) atoms. The molecule has 1 atom stereocenters. The third kappa shape index (κ3) is 1.95. The number of aryl methyl sites for hydroxylation is 1. The molecule has 0 aliphatic carbocycles. The quantitative estimate of drug-likeness (QED) is 0.793. The van der Waals surface area contributed by atoms with Crippen molar-refractivity contribution in [3.8, 4) is 0 Å². The zero-order chi connectivity index (χ0) is 10.8. The second-order valence-corrected chi connectivity index (χ2v) is 3.91. The third-order valence-electron chi connectivity index (χ3n) is 2.56. The van der Waals surface area contributed by atoms with E-state index in [0.717, 1.165) is 0 Å². The van der Waals surface area contributed by atoms with Crippen molar-refractivity contribution in [1.29, 1.82) is 0 Å². The number of hydrogen-bond donors (Lipinski definition) is 1. The van der Waals surface area contributed by atoms with Crippen molar-refractivity contribution >= 4 is 17.0 Å². The standard InChI is InChI=1S/C13H16N2/c1-10(14)7-8-12-9-11-5-3-4-6-13(11)15(12)2/h3-10H,14H2,1-2H3/b8-7+. The van der Waals surface area contributed by atoms with Gasteiger partial charge in [0.05, 0.1) is 0 Å². The second-order valence-electron chi connectivity index (χ2n) is 3.91. The topological polar surface area (TPSA) is 30.9 Å². The first-order valence-electron chi connectivity index (χ1n) is 5.17. The SMILES string of the molecule is CC(N)/C=C/c1cc2ccccc2n1C. The Morgan fingerprint density at radius 2 is 2.07 bits per heavy atom. The Hall–Kier alpha value is -1.54. The van der Waals surface area contributed by atoms with Crippen LogP contribution < -0.4 is 5.73 Å². The number of aromatic nitrogens is 1. The van der Waals surface area contributed by atoms with E-state index in [0.29, 0.717) is 0 Å². The average molecular weight is 200 g/mol. The lowest BCUT2D eigenvalue weighted by Gasteiger charge is -1.99. The molecule has 0 bridgehead atoms. The van der Waals surface area contributed by atoms with Crippen LogP contribution in [0, 0.1) is 0 Å². The Labute approximate surface area is 90.0 Å². The van der Waals surface area contributed by atoms with Crippen molar-refractivity contribution in [1.82, 2.24) is 4.57 Å². The molecule has 78 valence electrons. The molecule has 0 amide bonds. The van der Waals surface area contributed by atoms with Gasteiger partial charge < -0.3 is 10.3 Å². The minimum absolute atomic E-state index is 0.100. The van der Waals surface area contributed by atoms with Gasteiger partial charge in [-0.2, -0.15) is 0 Å². The molecule has 2 rings (SSSR count). The van der Waals surface area contributed by atoms with E-state index in [1.54, 1.807) is 0 Å². The highest BCUT2D eigenvalue weighted by molar-refractivity contribution is 5.83. The normalized spacial score (nSPS) is 13.8. The van der Waals surface area contributed by atoms with E-state index in [9.17, 15) is 0 Å². The molecule has 2 N–H and O–H groups in total. The van der Waals surface area contributed by atoms with E-state index in [1.807, 2.05) is 13.0 Å². The van der Waals surface area contributed by atoms with Gasteiger partial charge in [-0.3, -0.25) is 0 Å². The van der Waals surface area contributed by atoms with Crippen LogP contribution in [0.15, 0.2) is 36.4 Å². The van der Waals surface area contributed by atoms with Crippen LogP contribution in [0.3, 0.4) is 0 Å². The molecular weight excluding hydrogens is 184 g/mol. The summed E-state index contributed by atoms with van der Waals surface area (Å²) < 4.78 is 2.17. The molecule has 2 nitrogen and oxygen atoms in total. The predicted molar refractivity (Wildman–Crippen MR) is 65.6 cm³/mol. The molecule has 0 aliphatic heterocycles. The second kappa shape index (κ2) is 3.91. The molecule has 0 fully saturated rings. The van der Waals surface area contributed by atoms with Crippen molar-refractivity contribution in [3.05, 3.63) is 42.1 Å². The molecule has 1 aromatic carbocycles. The molecule has 0 spiro atoms. The van der Waals surface area contributed by atoms with Crippen molar-refractivity contribution in [2.24, 2.45) is 12.8 Å². The lowest BCUT2D eigenvalue weighted by Crippen LogP contribution is -2.10. The summed E-state index contributed by atoms with van der Waals surface area (Å²) in [7, 11) is 2.07. The molecule has 1 unspecified atom stereocenters. The van der Waals surface area contributed by atoms with Gasteiger partial charge in [-0.1, -0.05) is 24.3 Å². The largest absolute Gasteiger partial charge is 0.344 e. The maximum Gasteiger partial charge on any atom is 0.0482 e. The molecule has 2 aromatic rings. The monoisotopic (exact) mass is 200 g/mol. The number of nitrogens with zero attached hydrogens (tertiary/aromatic N) is 1. The molecule has 0 aliphatic rings. The summed E-state index contributed by atoms with van der Waals surface area (Å²) in [5.41, 5.74) is 8.13. The van der Waals surface area contributed by atoms with Crippen LogP contribution in [0.2, 0.25) is 0 Å². The minimum Gasteiger partial charge on any atom is -0.344 e. The highest BCUT2D eigenvalue weighted by Gasteiger charge is 2.01. The third-order valence-corrected chi connectivity index (χ3v) is 2.56. The zero-order valence-corrected chi connectivity index (χ0v) is 9.14. The summed E-state index contributed by atoms with van der Waals surface area (Å²) in [6.45, 7) is 1.97. The van der Waals surface area contributed by atoms with Gasteiger partial charge in [0, 0.05) is 29.7 Å². The summed E-state index contributed by atoms with van der Waals surface area (Å²) in [5.74, 6) is 0. The number of rotatable bonds is 2. The van der Waals surface area contributed by atoms with E-state index in [2.05, 4.69) is 48.0 Å². The first-order chi connectivity index (χ1) is 7.18. The number of hydrogen-bond acceptors (Lipinski definition) is 1. The van der Waals surface area contributed by atoms with Gasteiger partial charge in [0.2, 0.25) is 0 Å². The Morgan fingerprint density at radius 3 is 2.73 bits per heavy atom. The highest BCUT2D eigenvalue weighted by atomic mass is 14.9. The van der Waals surface area contributed by atoms with Gasteiger partial charge in [0.15, 0.2) is 0 Å². The van der Waals surface area contributed by atoms with Crippen molar-refractivity contribution in [2.75, 3.05) is 0 Å². The summed E-state index contributed by atoms with van der Waals surface area (Å²) in [4.78, 5) is 0. The first-order valence-corrected chi connectivity index (χ1v) is 5.17. The summed E-state index contributed by atoms with van der Waals surface area (Å²) in [5, 5.41) is 1.27. The van der Waals surface area contributed by atoms with Crippen LogP contribution in [0.25, 0.3) is 17.0 Å². The van der Waals surface area contributed by atoms with E-state index in [1.165, 1.54) is 16.6 Å². The highest BCUT2D eigenvalue weighted by Crippen LogP contribution is 2.19. The van der Waals surface area contributed by atoms with Crippen molar-refractivity contribution in [3.63, 3.8) is 0 Å². The van der Waals surface area contributed by atoms with Crippen LogP contribution in [0.4, 0.5) is 0 Å². The number of benzene rings is 1. The van der Waals surface area contributed by atoms with Gasteiger partial charge in [-0.15, -0.1) is 0 Å². The van der Waals surface area contributed by atoms with Gasteiger partial charge in [0.1, 0.15) is 0 Å². The minimum atomic E-state index is 0.100. The summed E-state index contributed by atoms with van der Waals surface area (Å²) in [6, 6.07) is 10.6. The Balaban J connectivity index is 2.49. The van der Waals surface area contributed by atoms with Crippen LogP contribution in [0.5, 0.6) is 0 Å². The van der Waals surface area contributed by atoms with E-state index >= 15 is 0 Å². The lowest BCUT2D eigenvalue weighted by atomic mass is 10.2. The zero-order valence-electron chi connectivity index (χ0n) is 9.14. The number of para-hydroxylation sites is 1. The molecular formula is C13H16N2. The van der Waals surface area contributed by atoms with Crippen molar-refractivity contribution in [2.45, 2.75) is 13.0 Å². The number of fused-ring (bicyclic) bond motifs is 1. The summed E-state index contributed by atoms with van der Waals surface area (Å²) >= 11 is 0. The van der Waals surface area contributed by atoms with E-state index < -0.39 is 0 Å². The predicted octanol–water partition coefficient (Wildman–Crippen LogP) is 2.54. The Morgan fingerprint density at radius 1 is 1.33 bits per heavy atom. The van der Waals surface area contributed by atoms with Crippen LogP contribution in [-0.4, -0.2) is 10.6 Å². The van der Waals surface area contributed by atoms with Gasteiger partial charge in [0.25, 0.3) is 0 Å². The fourth-order valence-electron chi connectivity index (χ4n) is 1.72. The maximum absolute atomic E-state index is 5.69. The van der Waals surface area contributed by atoms with Gasteiger partial charge in [-0.25, -0.2) is 0 Å². The molecule has 1 heterocycles.